The first-order chi connectivity index (χ1) is 11.8. The van der Waals surface area contributed by atoms with Gasteiger partial charge in [0.25, 0.3) is 0 Å². The van der Waals surface area contributed by atoms with Gasteiger partial charge in [0.1, 0.15) is 17.7 Å². The number of rotatable bonds is 6. The minimum Gasteiger partial charge on any atom is -0.493 e. The Kier molecular flexibility index (Phi) is 4.14. The number of aromatic nitrogens is 2. The molecule has 0 N–H and O–H groups in total. The molecular formula is C18H23N3O3. The Hall–Kier alpha value is -2.08. The number of methoxy groups -OCH3 is 2. The maximum Gasteiger partial charge on any atom is 0.187 e. The van der Waals surface area contributed by atoms with E-state index in [-0.39, 0.29) is 0 Å². The molecule has 0 bridgehead atoms. The van der Waals surface area contributed by atoms with E-state index in [1.54, 1.807) is 20.5 Å². The predicted octanol–water partition coefficient (Wildman–Crippen LogP) is 2.65. The summed E-state index contributed by atoms with van der Waals surface area (Å²) in [5.41, 5.74) is 0.793. The highest BCUT2D eigenvalue weighted by Crippen LogP contribution is 2.39. The molecule has 2 heterocycles. The molecule has 6 heteroatoms. The van der Waals surface area contributed by atoms with Gasteiger partial charge in [0.2, 0.25) is 0 Å². The van der Waals surface area contributed by atoms with Crippen molar-refractivity contribution in [1.29, 1.82) is 0 Å². The second-order valence-corrected chi connectivity index (χ2v) is 6.51. The minimum absolute atomic E-state index is 0.386. The lowest BCUT2D eigenvalue weighted by atomic mass is 10.1. The van der Waals surface area contributed by atoms with Crippen molar-refractivity contribution in [3.05, 3.63) is 18.5 Å². The van der Waals surface area contributed by atoms with Crippen LogP contribution in [-0.4, -0.2) is 50.0 Å². The van der Waals surface area contributed by atoms with Crippen LogP contribution in [0.1, 0.15) is 19.3 Å². The van der Waals surface area contributed by atoms with Crippen molar-refractivity contribution in [1.82, 2.24) is 9.97 Å². The van der Waals surface area contributed by atoms with E-state index in [2.05, 4.69) is 14.9 Å². The van der Waals surface area contributed by atoms with Gasteiger partial charge in [-0.2, -0.15) is 0 Å². The van der Waals surface area contributed by atoms with Crippen LogP contribution in [0.2, 0.25) is 0 Å². The molecule has 1 saturated carbocycles. The zero-order chi connectivity index (χ0) is 16.5. The van der Waals surface area contributed by atoms with Crippen molar-refractivity contribution in [2.45, 2.75) is 25.3 Å². The second-order valence-electron chi connectivity index (χ2n) is 6.51. The van der Waals surface area contributed by atoms with E-state index in [1.807, 2.05) is 12.1 Å². The minimum atomic E-state index is 0.386. The second kappa shape index (κ2) is 6.43. The third kappa shape index (κ3) is 2.75. The van der Waals surface area contributed by atoms with Gasteiger partial charge in [0.05, 0.1) is 26.9 Å². The van der Waals surface area contributed by atoms with E-state index in [1.165, 1.54) is 12.8 Å². The van der Waals surface area contributed by atoms with Crippen LogP contribution in [-0.2, 0) is 4.74 Å². The molecule has 2 fully saturated rings. The molecule has 4 rings (SSSR count). The monoisotopic (exact) mass is 329 g/mol. The van der Waals surface area contributed by atoms with Crippen LogP contribution in [0.25, 0.3) is 10.9 Å². The van der Waals surface area contributed by atoms with Crippen molar-refractivity contribution >= 4 is 16.7 Å². The van der Waals surface area contributed by atoms with Crippen LogP contribution in [0, 0.1) is 5.92 Å². The molecule has 2 aliphatic rings. The molecule has 1 saturated heterocycles. The molecule has 6 nitrogen and oxygen atoms in total. The molecule has 1 aliphatic carbocycles. The maximum atomic E-state index is 5.63. The SMILES string of the molecule is COc1ccc2c(N(CC3CC3)[C@@H]3CCOC3)ncnc2c1OC. The molecule has 0 unspecified atom stereocenters. The molecule has 1 aliphatic heterocycles. The van der Waals surface area contributed by atoms with Gasteiger partial charge in [-0.1, -0.05) is 0 Å². The molecule has 1 atom stereocenters. The summed E-state index contributed by atoms with van der Waals surface area (Å²) in [5.74, 6) is 3.10. The lowest BCUT2D eigenvalue weighted by Crippen LogP contribution is -2.38. The average molecular weight is 329 g/mol. The summed E-state index contributed by atoms with van der Waals surface area (Å²) in [5, 5.41) is 1.00. The summed E-state index contributed by atoms with van der Waals surface area (Å²) >= 11 is 0. The molecular weight excluding hydrogens is 306 g/mol. The summed E-state index contributed by atoms with van der Waals surface area (Å²) in [6, 6.07) is 4.34. The Balaban J connectivity index is 1.81. The molecule has 0 spiro atoms. The molecule has 1 aromatic carbocycles. The van der Waals surface area contributed by atoms with Gasteiger partial charge < -0.3 is 19.1 Å². The van der Waals surface area contributed by atoms with Crippen LogP contribution in [0.4, 0.5) is 5.82 Å². The Morgan fingerprint density at radius 3 is 2.71 bits per heavy atom. The van der Waals surface area contributed by atoms with Gasteiger partial charge in [0.15, 0.2) is 11.5 Å². The Morgan fingerprint density at radius 2 is 2.04 bits per heavy atom. The van der Waals surface area contributed by atoms with Gasteiger partial charge in [-0.15, -0.1) is 0 Å². The molecule has 0 radical (unpaired) electrons. The van der Waals surface area contributed by atoms with Crippen molar-refractivity contribution < 1.29 is 14.2 Å². The van der Waals surface area contributed by atoms with E-state index in [9.17, 15) is 0 Å². The molecule has 24 heavy (non-hydrogen) atoms. The third-order valence-electron chi connectivity index (χ3n) is 4.90. The first-order valence-corrected chi connectivity index (χ1v) is 8.52. The first kappa shape index (κ1) is 15.4. The van der Waals surface area contributed by atoms with Crippen LogP contribution >= 0.6 is 0 Å². The fraction of sp³-hybridized carbons (Fsp3) is 0.556. The van der Waals surface area contributed by atoms with Crippen LogP contribution in [0.3, 0.4) is 0 Å². The lowest BCUT2D eigenvalue weighted by molar-refractivity contribution is 0.193. The average Bonchev–Trinajstić information content (AvgIpc) is 3.28. The summed E-state index contributed by atoms with van der Waals surface area (Å²) in [6.45, 7) is 2.63. The largest absolute Gasteiger partial charge is 0.493 e. The molecule has 0 amide bonds. The van der Waals surface area contributed by atoms with E-state index in [0.717, 1.165) is 48.8 Å². The standard InChI is InChI=1S/C18H23N3O3/c1-22-15-6-5-14-16(17(15)23-2)19-11-20-18(14)21(9-12-3-4-12)13-7-8-24-10-13/h5-6,11-13H,3-4,7-10H2,1-2H3/t13-/m1/s1. The smallest absolute Gasteiger partial charge is 0.187 e. The highest BCUT2D eigenvalue weighted by molar-refractivity contribution is 5.95. The fourth-order valence-corrected chi connectivity index (χ4v) is 3.41. The Labute approximate surface area is 141 Å². The van der Waals surface area contributed by atoms with Crippen molar-refractivity contribution in [2.75, 3.05) is 38.9 Å². The first-order valence-electron chi connectivity index (χ1n) is 8.52. The van der Waals surface area contributed by atoms with Gasteiger partial charge in [-0.05, 0) is 37.3 Å². The van der Waals surface area contributed by atoms with Gasteiger partial charge in [-0.25, -0.2) is 9.97 Å². The number of ether oxygens (including phenoxy) is 3. The molecule has 1 aromatic heterocycles. The molecule has 2 aromatic rings. The number of hydrogen-bond acceptors (Lipinski definition) is 6. The predicted molar refractivity (Wildman–Crippen MR) is 91.9 cm³/mol. The zero-order valence-corrected chi connectivity index (χ0v) is 14.2. The van der Waals surface area contributed by atoms with E-state index < -0.39 is 0 Å². The highest BCUT2D eigenvalue weighted by atomic mass is 16.5. The quantitative estimate of drug-likeness (QED) is 0.812. The van der Waals surface area contributed by atoms with Crippen molar-refractivity contribution in [2.24, 2.45) is 5.92 Å². The van der Waals surface area contributed by atoms with Gasteiger partial charge in [0, 0.05) is 18.5 Å². The topological polar surface area (TPSA) is 56.7 Å². The van der Waals surface area contributed by atoms with E-state index in [4.69, 9.17) is 14.2 Å². The zero-order valence-electron chi connectivity index (χ0n) is 14.2. The Morgan fingerprint density at radius 1 is 1.17 bits per heavy atom. The maximum absolute atomic E-state index is 5.63. The molecule has 128 valence electrons. The number of nitrogens with zero attached hydrogens (tertiary/aromatic N) is 3. The summed E-state index contributed by atoms with van der Waals surface area (Å²) < 4.78 is 16.6. The van der Waals surface area contributed by atoms with Crippen LogP contribution < -0.4 is 14.4 Å². The third-order valence-corrected chi connectivity index (χ3v) is 4.90. The normalized spacial score (nSPS) is 20.3. The number of benzene rings is 1. The van der Waals surface area contributed by atoms with Crippen LogP contribution in [0.5, 0.6) is 11.5 Å². The van der Waals surface area contributed by atoms with E-state index >= 15 is 0 Å². The number of fused-ring (bicyclic) bond motifs is 1. The van der Waals surface area contributed by atoms with Gasteiger partial charge >= 0.3 is 0 Å². The van der Waals surface area contributed by atoms with Gasteiger partial charge in [-0.3, -0.25) is 0 Å². The summed E-state index contributed by atoms with van der Waals surface area (Å²) in [6.07, 6.45) is 5.29. The fourth-order valence-electron chi connectivity index (χ4n) is 3.41. The Bertz CT molecular complexity index is 727. The van der Waals surface area contributed by atoms with Crippen LogP contribution in [0.15, 0.2) is 18.5 Å². The number of anilines is 1. The van der Waals surface area contributed by atoms with E-state index in [0.29, 0.717) is 17.5 Å². The summed E-state index contributed by atoms with van der Waals surface area (Å²) in [7, 11) is 3.28. The lowest BCUT2D eigenvalue weighted by Gasteiger charge is -2.30. The van der Waals surface area contributed by atoms with Crippen molar-refractivity contribution in [3.8, 4) is 11.5 Å². The number of hydrogen-bond donors (Lipinski definition) is 0. The van der Waals surface area contributed by atoms with Crippen molar-refractivity contribution in [3.63, 3.8) is 0 Å². The highest BCUT2D eigenvalue weighted by Gasteiger charge is 2.32. The summed E-state index contributed by atoms with van der Waals surface area (Å²) in [4.78, 5) is 11.5.